The average Bonchev–Trinajstić information content (AvgIpc) is 2.59. The molecule has 3 amide bonds. The van der Waals surface area contributed by atoms with Gasteiger partial charge in [0.1, 0.15) is 12.1 Å². The topological polar surface area (TPSA) is 191 Å². The van der Waals surface area contributed by atoms with Crippen LogP contribution in [0.2, 0.25) is 0 Å². The molecule has 0 aliphatic heterocycles. The van der Waals surface area contributed by atoms with Crippen LogP contribution in [0.5, 0.6) is 0 Å². The fourth-order valence-corrected chi connectivity index (χ4v) is 2.25. The van der Waals surface area contributed by atoms with E-state index in [1.165, 1.54) is 18.7 Å². The Bertz CT molecular complexity index is 504. The largest absolute Gasteiger partial charge is 0.480 e. The third-order valence-corrected chi connectivity index (χ3v) is 3.91. The standard InChI is InChI=1S/C14H26N4O7S/c1-7(20)11(14(24)25)18-13(23)9(3-4-26-2)17-10(21)5-16-12(22)8(15)6-19/h7-9,11,19-20H,3-6,15H2,1-2H3,(H,16,22)(H,17,21)(H,18,23)(H,24,25). The zero-order valence-electron chi connectivity index (χ0n) is 14.6. The highest BCUT2D eigenvalue weighted by Gasteiger charge is 2.29. The number of hydrogen-bond acceptors (Lipinski definition) is 8. The predicted molar refractivity (Wildman–Crippen MR) is 94.2 cm³/mol. The summed E-state index contributed by atoms with van der Waals surface area (Å²) >= 11 is 1.42. The van der Waals surface area contributed by atoms with Gasteiger partial charge in [0.05, 0.1) is 19.3 Å². The Kier molecular flexibility index (Phi) is 11.6. The molecule has 12 heteroatoms. The Morgan fingerprint density at radius 1 is 1.15 bits per heavy atom. The van der Waals surface area contributed by atoms with Gasteiger partial charge in [0.15, 0.2) is 6.04 Å². The highest BCUT2D eigenvalue weighted by molar-refractivity contribution is 7.98. The molecule has 0 aromatic heterocycles. The van der Waals surface area contributed by atoms with Gasteiger partial charge < -0.3 is 37.0 Å². The lowest BCUT2D eigenvalue weighted by molar-refractivity contribution is -0.145. The van der Waals surface area contributed by atoms with Crippen molar-refractivity contribution in [3.63, 3.8) is 0 Å². The molecule has 0 aromatic carbocycles. The van der Waals surface area contributed by atoms with E-state index in [0.29, 0.717) is 5.75 Å². The Labute approximate surface area is 155 Å². The van der Waals surface area contributed by atoms with Gasteiger partial charge in [-0.25, -0.2) is 4.79 Å². The van der Waals surface area contributed by atoms with Crippen molar-refractivity contribution in [2.75, 3.05) is 25.2 Å². The molecule has 26 heavy (non-hydrogen) atoms. The number of rotatable bonds is 12. The normalized spacial score (nSPS) is 15.3. The van der Waals surface area contributed by atoms with Crippen molar-refractivity contribution in [3.8, 4) is 0 Å². The van der Waals surface area contributed by atoms with E-state index < -0.39 is 61.1 Å². The summed E-state index contributed by atoms with van der Waals surface area (Å²) in [5.74, 6) is -3.08. The summed E-state index contributed by atoms with van der Waals surface area (Å²) in [6, 6.07) is -3.72. The monoisotopic (exact) mass is 394 g/mol. The van der Waals surface area contributed by atoms with E-state index in [-0.39, 0.29) is 6.42 Å². The quantitative estimate of drug-likeness (QED) is 0.177. The Morgan fingerprint density at radius 3 is 2.23 bits per heavy atom. The van der Waals surface area contributed by atoms with E-state index in [0.717, 1.165) is 0 Å². The molecule has 11 nitrogen and oxygen atoms in total. The molecular formula is C14H26N4O7S. The summed E-state index contributed by atoms with van der Waals surface area (Å²) in [4.78, 5) is 46.6. The number of nitrogens with two attached hydrogens (primary N) is 1. The van der Waals surface area contributed by atoms with Gasteiger partial charge in [0.2, 0.25) is 17.7 Å². The highest BCUT2D eigenvalue weighted by atomic mass is 32.2. The minimum atomic E-state index is -1.52. The van der Waals surface area contributed by atoms with Crippen LogP contribution in [0.1, 0.15) is 13.3 Å². The second kappa shape index (κ2) is 12.5. The maximum atomic E-state index is 12.2. The van der Waals surface area contributed by atoms with Crippen molar-refractivity contribution in [2.45, 2.75) is 37.6 Å². The molecule has 0 radical (unpaired) electrons. The molecule has 4 unspecified atom stereocenters. The molecule has 150 valence electrons. The van der Waals surface area contributed by atoms with Crippen molar-refractivity contribution < 1.29 is 34.5 Å². The maximum Gasteiger partial charge on any atom is 0.328 e. The number of amides is 3. The number of aliphatic hydroxyl groups is 2. The first-order valence-electron chi connectivity index (χ1n) is 7.77. The first-order chi connectivity index (χ1) is 12.1. The van der Waals surface area contributed by atoms with Gasteiger partial charge in [-0.3, -0.25) is 14.4 Å². The fraction of sp³-hybridized carbons (Fsp3) is 0.714. The zero-order chi connectivity index (χ0) is 20.3. The number of thioether (sulfide) groups is 1. The lowest BCUT2D eigenvalue weighted by Gasteiger charge is -2.22. The van der Waals surface area contributed by atoms with Crippen molar-refractivity contribution in [1.29, 1.82) is 0 Å². The van der Waals surface area contributed by atoms with Crippen LogP contribution in [0.4, 0.5) is 0 Å². The summed E-state index contributed by atoms with van der Waals surface area (Å²) < 4.78 is 0. The molecule has 0 heterocycles. The number of hydrogen-bond donors (Lipinski definition) is 7. The van der Waals surface area contributed by atoms with E-state index in [4.69, 9.17) is 15.9 Å². The SMILES string of the molecule is CSCCC(NC(=O)CNC(=O)C(N)CO)C(=O)NC(C(=O)O)C(C)O. The molecule has 0 saturated heterocycles. The number of carboxylic acids is 1. The van der Waals surface area contributed by atoms with Crippen LogP contribution in [-0.2, 0) is 19.2 Å². The van der Waals surface area contributed by atoms with E-state index in [2.05, 4.69) is 16.0 Å². The molecule has 0 aromatic rings. The van der Waals surface area contributed by atoms with Crippen LogP contribution < -0.4 is 21.7 Å². The lowest BCUT2D eigenvalue weighted by Crippen LogP contribution is -2.56. The summed E-state index contributed by atoms with van der Waals surface area (Å²) in [5.41, 5.74) is 5.29. The average molecular weight is 394 g/mol. The van der Waals surface area contributed by atoms with Crippen molar-refractivity contribution in [2.24, 2.45) is 5.73 Å². The number of carbonyl (C=O) groups excluding carboxylic acids is 3. The summed E-state index contributed by atoms with van der Waals surface area (Å²) in [5, 5.41) is 33.9. The first kappa shape index (κ1) is 24.1. The van der Waals surface area contributed by atoms with Gasteiger partial charge in [-0.1, -0.05) is 0 Å². The second-order valence-electron chi connectivity index (χ2n) is 5.47. The fourth-order valence-electron chi connectivity index (χ4n) is 1.77. The third kappa shape index (κ3) is 8.99. The Balaban J connectivity index is 4.81. The molecule has 0 aliphatic carbocycles. The van der Waals surface area contributed by atoms with Gasteiger partial charge in [0, 0.05) is 0 Å². The number of aliphatic hydroxyl groups excluding tert-OH is 2. The molecule has 0 spiro atoms. The van der Waals surface area contributed by atoms with Crippen LogP contribution in [0.3, 0.4) is 0 Å². The highest BCUT2D eigenvalue weighted by Crippen LogP contribution is 2.03. The molecule has 0 rings (SSSR count). The van der Waals surface area contributed by atoms with Crippen molar-refractivity contribution >= 4 is 35.5 Å². The Hall–Kier alpha value is -1.89. The number of carbonyl (C=O) groups is 4. The molecule has 4 atom stereocenters. The lowest BCUT2D eigenvalue weighted by atomic mass is 10.1. The summed E-state index contributed by atoms with van der Waals surface area (Å²) in [6.45, 7) is 0.172. The van der Waals surface area contributed by atoms with Gasteiger partial charge in [-0.05, 0) is 25.4 Å². The van der Waals surface area contributed by atoms with E-state index in [9.17, 15) is 24.3 Å². The maximum absolute atomic E-state index is 12.2. The van der Waals surface area contributed by atoms with Gasteiger partial charge >= 0.3 is 5.97 Å². The summed E-state index contributed by atoms with van der Waals surface area (Å²) in [7, 11) is 0. The van der Waals surface area contributed by atoms with Crippen LogP contribution >= 0.6 is 11.8 Å². The molecule has 0 bridgehead atoms. The molecule has 8 N–H and O–H groups in total. The van der Waals surface area contributed by atoms with Crippen LogP contribution in [-0.4, -0.2) is 88.4 Å². The molecular weight excluding hydrogens is 368 g/mol. The number of carboxylic acid groups (broad SMARTS) is 1. The van der Waals surface area contributed by atoms with Crippen molar-refractivity contribution in [1.82, 2.24) is 16.0 Å². The number of nitrogens with one attached hydrogen (secondary N) is 3. The third-order valence-electron chi connectivity index (χ3n) is 3.27. The molecule has 0 saturated carbocycles. The molecule has 0 aliphatic rings. The van der Waals surface area contributed by atoms with Gasteiger partial charge in [-0.15, -0.1) is 0 Å². The zero-order valence-corrected chi connectivity index (χ0v) is 15.4. The van der Waals surface area contributed by atoms with E-state index >= 15 is 0 Å². The van der Waals surface area contributed by atoms with Crippen LogP contribution in [0, 0.1) is 0 Å². The smallest absolute Gasteiger partial charge is 0.328 e. The van der Waals surface area contributed by atoms with Crippen molar-refractivity contribution in [3.05, 3.63) is 0 Å². The summed E-state index contributed by atoms with van der Waals surface area (Å²) in [6.07, 6.45) is 0.686. The van der Waals surface area contributed by atoms with Crippen LogP contribution in [0.15, 0.2) is 0 Å². The van der Waals surface area contributed by atoms with Gasteiger partial charge in [0.25, 0.3) is 0 Å². The van der Waals surface area contributed by atoms with E-state index in [1.54, 1.807) is 6.26 Å². The minimum Gasteiger partial charge on any atom is -0.480 e. The number of aliphatic carboxylic acids is 1. The van der Waals surface area contributed by atoms with Crippen LogP contribution in [0.25, 0.3) is 0 Å². The van der Waals surface area contributed by atoms with E-state index in [1.807, 2.05) is 0 Å². The molecule has 0 fully saturated rings. The van der Waals surface area contributed by atoms with Gasteiger partial charge in [-0.2, -0.15) is 11.8 Å². The predicted octanol–water partition coefficient (Wildman–Crippen LogP) is -3.39. The first-order valence-corrected chi connectivity index (χ1v) is 9.17. The second-order valence-corrected chi connectivity index (χ2v) is 6.46. The minimum absolute atomic E-state index is 0.217. The Morgan fingerprint density at radius 2 is 1.77 bits per heavy atom.